The van der Waals surface area contributed by atoms with E-state index < -0.39 is 5.97 Å². The zero-order valence-electron chi connectivity index (χ0n) is 14.1. The van der Waals surface area contributed by atoms with E-state index in [1.165, 1.54) is 18.3 Å². The Morgan fingerprint density at radius 2 is 2.12 bits per heavy atom. The van der Waals surface area contributed by atoms with E-state index in [1.54, 1.807) is 11.0 Å². The van der Waals surface area contributed by atoms with E-state index in [-0.39, 0.29) is 23.1 Å². The molecule has 0 radical (unpaired) electrons. The van der Waals surface area contributed by atoms with Gasteiger partial charge in [-0.05, 0) is 37.1 Å². The van der Waals surface area contributed by atoms with Gasteiger partial charge in [-0.1, -0.05) is 23.7 Å². The Kier molecular flexibility index (Phi) is 5.73. The van der Waals surface area contributed by atoms with Gasteiger partial charge in [0.15, 0.2) is 0 Å². The average molecular weight is 375 g/mol. The highest BCUT2D eigenvalue weighted by molar-refractivity contribution is 6.32. The number of pyridine rings is 1. The summed E-state index contributed by atoms with van der Waals surface area (Å²) in [6.07, 6.45) is 3.16. The number of carbonyl (C=O) groups is 2. The SMILES string of the molecule is O=C(O)c1ccnc(C(=O)N2CCCC(COc3ccccc3Cl)C2)c1. The summed E-state index contributed by atoms with van der Waals surface area (Å²) in [6.45, 7) is 1.64. The molecule has 1 aromatic carbocycles. The van der Waals surface area contributed by atoms with Crippen LogP contribution in [0.15, 0.2) is 42.6 Å². The number of carboxylic acids is 1. The van der Waals surface area contributed by atoms with Crippen LogP contribution in [-0.4, -0.2) is 46.6 Å². The van der Waals surface area contributed by atoms with Gasteiger partial charge in [0.1, 0.15) is 11.4 Å². The number of amides is 1. The van der Waals surface area contributed by atoms with Crippen molar-refractivity contribution in [3.05, 3.63) is 58.9 Å². The zero-order chi connectivity index (χ0) is 18.5. The van der Waals surface area contributed by atoms with Crippen LogP contribution in [0.3, 0.4) is 0 Å². The summed E-state index contributed by atoms with van der Waals surface area (Å²) in [7, 11) is 0. The Bertz CT molecular complexity index is 812. The van der Waals surface area contributed by atoms with Crippen LogP contribution < -0.4 is 4.74 Å². The number of rotatable bonds is 5. The van der Waals surface area contributed by atoms with Crippen molar-refractivity contribution in [1.29, 1.82) is 0 Å². The summed E-state index contributed by atoms with van der Waals surface area (Å²) in [4.78, 5) is 29.5. The number of likely N-dealkylation sites (tertiary alicyclic amines) is 1. The summed E-state index contributed by atoms with van der Waals surface area (Å²) < 4.78 is 5.80. The van der Waals surface area contributed by atoms with Crippen molar-refractivity contribution in [2.75, 3.05) is 19.7 Å². The van der Waals surface area contributed by atoms with Gasteiger partial charge >= 0.3 is 5.97 Å². The number of carbonyl (C=O) groups excluding carboxylic acids is 1. The highest BCUT2D eigenvalue weighted by Crippen LogP contribution is 2.25. The van der Waals surface area contributed by atoms with Crippen molar-refractivity contribution in [2.24, 2.45) is 5.92 Å². The fourth-order valence-corrected chi connectivity index (χ4v) is 3.19. The van der Waals surface area contributed by atoms with Gasteiger partial charge in [-0.2, -0.15) is 0 Å². The number of aromatic nitrogens is 1. The summed E-state index contributed by atoms with van der Waals surface area (Å²) >= 11 is 6.10. The second-order valence-corrected chi connectivity index (χ2v) is 6.64. The lowest BCUT2D eigenvalue weighted by Gasteiger charge is -2.32. The molecule has 136 valence electrons. The molecular formula is C19H19ClN2O4. The number of piperidine rings is 1. The molecular weight excluding hydrogens is 356 g/mol. The van der Waals surface area contributed by atoms with Gasteiger partial charge in [0.25, 0.3) is 5.91 Å². The number of hydrogen-bond donors (Lipinski definition) is 1. The molecule has 1 aliphatic heterocycles. The van der Waals surface area contributed by atoms with Gasteiger partial charge in [-0.15, -0.1) is 0 Å². The van der Waals surface area contributed by atoms with E-state index in [0.29, 0.717) is 30.5 Å². The topological polar surface area (TPSA) is 79.7 Å². The standard InChI is InChI=1S/C19H19ClN2O4/c20-15-5-1-2-6-17(15)26-12-13-4-3-9-22(11-13)18(23)16-10-14(19(24)25)7-8-21-16/h1-2,5-8,10,13H,3-4,9,11-12H2,(H,24,25). The lowest BCUT2D eigenvalue weighted by Crippen LogP contribution is -2.42. The van der Waals surface area contributed by atoms with Crippen molar-refractivity contribution < 1.29 is 19.4 Å². The largest absolute Gasteiger partial charge is 0.492 e. The molecule has 2 heterocycles. The van der Waals surface area contributed by atoms with E-state index in [0.717, 1.165) is 12.8 Å². The van der Waals surface area contributed by atoms with Gasteiger partial charge < -0.3 is 14.7 Å². The van der Waals surface area contributed by atoms with Crippen molar-refractivity contribution in [3.8, 4) is 5.75 Å². The molecule has 1 amide bonds. The van der Waals surface area contributed by atoms with Gasteiger partial charge in [0, 0.05) is 25.2 Å². The zero-order valence-corrected chi connectivity index (χ0v) is 14.9. The third-order valence-electron chi connectivity index (χ3n) is 4.34. The normalized spacial score (nSPS) is 17.0. The van der Waals surface area contributed by atoms with Crippen LogP contribution in [0.1, 0.15) is 33.7 Å². The number of carboxylic acid groups (broad SMARTS) is 1. The monoisotopic (exact) mass is 374 g/mol. The van der Waals surface area contributed by atoms with Gasteiger partial charge in [-0.25, -0.2) is 4.79 Å². The number of benzene rings is 1. The van der Waals surface area contributed by atoms with Crippen LogP contribution >= 0.6 is 11.6 Å². The fourth-order valence-electron chi connectivity index (χ4n) is 3.00. The summed E-state index contributed by atoms with van der Waals surface area (Å²) in [5.74, 6) is -0.512. The minimum atomic E-state index is -1.08. The lowest BCUT2D eigenvalue weighted by molar-refractivity contribution is 0.0627. The van der Waals surface area contributed by atoms with Crippen LogP contribution in [0, 0.1) is 5.92 Å². The molecule has 1 N–H and O–H groups in total. The number of ether oxygens (including phenoxy) is 1. The third-order valence-corrected chi connectivity index (χ3v) is 4.66. The molecule has 1 atom stereocenters. The second-order valence-electron chi connectivity index (χ2n) is 6.24. The molecule has 3 rings (SSSR count). The van der Waals surface area contributed by atoms with Gasteiger partial charge in [-0.3, -0.25) is 9.78 Å². The molecule has 0 spiro atoms. The van der Waals surface area contributed by atoms with Crippen LogP contribution in [0.25, 0.3) is 0 Å². The number of aromatic carboxylic acids is 1. The first-order valence-corrected chi connectivity index (χ1v) is 8.78. The molecule has 1 saturated heterocycles. The number of nitrogens with zero attached hydrogens (tertiary/aromatic N) is 2. The van der Waals surface area contributed by atoms with Crippen LogP contribution in [0.2, 0.25) is 5.02 Å². The first-order chi connectivity index (χ1) is 12.5. The maximum absolute atomic E-state index is 12.7. The molecule has 0 bridgehead atoms. The van der Waals surface area contributed by atoms with Gasteiger partial charge in [0.2, 0.25) is 0 Å². The Morgan fingerprint density at radius 1 is 1.31 bits per heavy atom. The molecule has 0 saturated carbocycles. The fraction of sp³-hybridized carbons (Fsp3) is 0.316. The smallest absolute Gasteiger partial charge is 0.335 e. The molecule has 2 aromatic rings. The summed E-state index contributed by atoms with van der Waals surface area (Å²) in [5.41, 5.74) is 0.205. The first-order valence-electron chi connectivity index (χ1n) is 8.40. The minimum Gasteiger partial charge on any atom is -0.492 e. The number of para-hydroxylation sites is 1. The summed E-state index contributed by atoms with van der Waals surface area (Å²) in [6, 6.07) is 9.97. The van der Waals surface area contributed by atoms with Crippen LogP contribution in [-0.2, 0) is 0 Å². The molecule has 1 unspecified atom stereocenters. The molecule has 1 aromatic heterocycles. The average Bonchev–Trinajstić information content (AvgIpc) is 2.67. The Balaban J connectivity index is 1.62. The van der Waals surface area contributed by atoms with E-state index >= 15 is 0 Å². The molecule has 0 aliphatic carbocycles. The highest BCUT2D eigenvalue weighted by Gasteiger charge is 2.26. The number of hydrogen-bond acceptors (Lipinski definition) is 4. The maximum atomic E-state index is 12.7. The Hall–Kier alpha value is -2.60. The first kappa shape index (κ1) is 18.2. The lowest BCUT2D eigenvalue weighted by atomic mass is 9.98. The van der Waals surface area contributed by atoms with Crippen molar-refractivity contribution in [1.82, 2.24) is 9.88 Å². The van der Waals surface area contributed by atoms with E-state index in [1.807, 2.05) is 18.2 Å². The van der Waals surface area contributed by atoms with Crippen LogP contribution in [0.5, 0.6) is 5.75 Å². The van der Waals surface area contributed by atoms with E-state index in [4.69, 9.17) is 21.4 Å². The quantitative estimate of drug-likeness (QED) is 0.868. The van der Waals surface area contributed by atoms with Gasteiger partial charge in [0.05, 0.1) is 17.2 Å². The van der Waals surface area contributed by atoms with Crippen molar-refractivity contribution >= 4 is 23.5 Å². The molecule has 6 nitrogen and oxygen atoms in total. The molecule has 26 heavy (non-hydrogen) atoms. The summed E-state index contributed by atoms with van der Waals surface area (Å²) in [5, 5.41) is 9.63. The molecule has 1 aliphatic rings. The minimum absolute atomic E-state index is 0.0546. The highest BCUT2D eigenvalue weighted by atomic mass is 35.5. The van der Waals surface area contributed by atoms with Crippen molar-refractivity contribution in [3.63, 3.8) is 0 Å². The van der Waals surface area contributed by atoms with E-state index in [9.17, 15) is 9.59 Å². The number of halogens is 1. The second kappa shape index (κ2) is 8.19. The molecule has 1 fully saturated rings. The third kappa shape index (κ3) is 4.32. The predicted molar refractivity (Wildman–Crippen MR) is 96.8 cm³/mol. The van der Waals surface area contributed by atoms with Crippen molar-refractivity contribution in [2.45, 2.75) is 12.8 Å². The molecule has 7 heteroatoms. The van der Waals surface area contributed by atoms with E-state index in [2.05, 4.69) is 4.98 Å². The Morgan fingerprint density at radius 3 is 2.88 bits per heavy atom. The Labute approximate surface area is 156 Å². The maximum Gasteiger partial charge on any atom is 0.335 e. The predicted octanol–water partition coefficient (Wildman–Crippen LogP) is 3.36. The van der Waals surface area contributed by atoms with Crippen LogP contribution in [0.4, 0.5) is 0 Å².